The minimum absolute atomic E-state index is 0.512. The highest BCUT2D eigenvalue weighted by molar-refractivity contribution is 7.15. The van der Waals surface area contributed by atoms with Gasteiger partial charge in [-0.2, -0.15) is 0 Å². The van der Waals surface area contributed by atoms with Crippen LogP contribution < -0.4 is 5.32 Å². The van der Waals surface area contributed by atoms with Crippen molar-refractivity contribution in [1.82, 2.24) is 10.2 Å². The molecule has 0 unspecified atom stereocenters. The molecule has 1 aromatic heterocycles. The molecule has 0 aliphatic rings. The van der Waals surface area contributed by atoms with Crippen molar-refractivity contribution in [2.24, 2.45) is 0 Å². The molecule has 0 atom stereocenters. The number of ether oxygens (including phenoxy) is 1. The smallest absolute Gasteiger partial charge is 0.205 e. The Balaban J connectivity index is 1.78. The van der Waals surface area contributed by atoms with Crippen LogP contribution in [0.1, 0.15) is 17.5 Å². The lowest BCUT2D eigenvalue weighted by Gasteiger charge is -2.01. The second-order valence-electron chi connectivity index (χ2n) is 3.51. The van der Waals surface area contributed by atoms with Gasteiger partial charge in [0.1, 0.15) is 11.6 Å². The van der Waals surface area contributed by atoms with Crippen LogP contribution in [0.2, 0.25) is 0 Å². The maximum absolute atomic E-state index is 5.58. The molecule has 0 amide bonds. The third kappa shape index (κ3) is 3.80. The van der Waals surface area contributed by atoms with Crippen molar-refractivity contribution in [2.75, 3.05) is 11.9 Å². The second-order valence-corrected chi connectivity index (χ2v) is 4.57. The highest BCUT2D eigenvalue weighted by atomic mass is 32.1. The summed E-state index contributed by atoms with van der Waals surface area (Å²) in [7, 11) is 0. The first kappa shape index (κ1) is 12.0. The fraction of sp³-hybridized carbons (Fsp3) is 0.333. The van der Waals surface area contributed by atoms with Crippen LogP contribution in [0.15, 0.2) is 30.3 Å². The highest BCUT2D eigenvalue weighted by Gasteiger charge is 2.02. The molecule has 0 aliphatic heterocycles. The van der Waals surface area contributed by atoms with E-state index < -0.39 is 0 Å². The number of rotatable bonds is 6. The van der Waals surface area contributed by atoms with Gasteiger partial charge in [-0.1, -0.05) is 41.7 Å². The topological polar surface area (TPSA) is 47.0 Å². The molecule has 0 radical (unpaired) electrons. The van der Waals surface area contributed by atoms with E-state index in [4.69, 9.17) is 4.74 Å². The summed E-state index contributed by atoms with van der Waals surface area (Å²) < 4.78 is 5.58. The summed E-state index contributed by atoms with van der Waals surface area (Å²) in [6, 6.07) is 10.1. The van der Waals surface area contributed by atoms with Crippen LogP contribution >= 0.6 is 11.3 Å². The molecule has 0 bridgehead atoms. The van der Waals surface area contributed by atoms with Gasteiger partial charge in [-0.3, -0.25) is 0 Å². The van der Waals surface area contributed by atoms with Crippen LogP contribution in [-0.2, 0) is 18.0 Å². The predicted octanol–water partition coefficient (Wildman–Crippen LogP) is 2.69. The van der Waals surface area contributed by atoms with E-state index in [-0.39, 0.29) is 0 Å². The molecule has 1 aromatic carbocycles. The Morgan fingerprint density at radius 1 is 1.18 bits per heavy atom. The lowest BCUT2D eigenvalue weighted by Crippen LogP contribution is -1.94. The van der Waals surface area contributed by atoms with Crippen LogP contribution in [0.4, 0.5) is 5.13 Å². The Morgan fingerprint density at radius 3 is 2.76 bits per heavy atom. The van der Waals surface area contributed by atoms with Crippen molar-refractivity contribution < 1.29 is 4.74 Å². The fourth-order valence-corrected chi connectivity index (χ4v) is 2.11. The SMILES string of the molecule is CCNc1nnc(COCc2ccccc2)s1. The number of aromatic nitrogens is 2. The molecule has 0 spiro atoms. The van der Waals surface area contributed by atoms with E-state index >= 15 is 0 Å². The molecule has 0 fully saturated rings. The third-order valence-corrected chi connectivity index (χ3v) is 2.99. The lowest BCUT2D eigenvalue weighted by atomic mass is 10.2. The molecule has 17 heavy (non-hydrogen) atoms. The van der Waals surface area contributed by atoms with Crippen molar-refractivity contribution in [1.29, 1.82) is 0 Å². The van der Waals surface area contributed by atoms with E-state index in [0.29, 0.717) is 13.2 Å². The van der Waals surface area contributed by atoms with Gasteiger partial charge >= 0.3 is 0 Å². The molecular formula is C12H15N3OS. The van der Waals surface area contributed by atoms with Crippen LogP contribution in [-0.4, -0.2) is 16.7 Å². The Morgan fingerprint density at radius 2 is 2.00 bits per heavy atom. The first-order valence-corrected chi connectivity index (χ1v) is 6.38. The summed E-state index contributed by atoms with van der Waals surface area (Å²) in [5, 5.41) is 12.9. The molecule has 90 valence electrons. The quantitative estimate of drug-likeness (QED) is 0.855. The molecule has 2 rings (SSSR count). The van der Waals surface area contributed by atoms with Crippen molar-refractivity contribution in [3.8, 4) is 0 Å². The molecule has 0 saturated heterocycles. The van der Waals surface area contributed by atoms with Crippen molar-refractivity contribution >= 4 is 16.5 Å². The third-order valence-electron chi connectivity index (χ3n) is 2.13. The van der Waals surface area contributed by atoms with E-state index in [1.165, 1.54) is 16.9 Å². The number of nitrogens with zero attached hydrogens (tertiary/aromatic N) is 2. The Bertz CT molecular complexity index is 444. The zero-order valence-corrected chi connectivity index (χ0v) is 10.5. The number of hydrogen-bond donors (Lipinski definition) is 1. The number of nitrogens with one attached hydrogen (secondary N) is 1. The summed E-state index contributed by atoms with van der Waals surface area (Å²) in [6.45, 7) is 4.02. The summed E-state index contributed by atoms with van der Waals surface area (Å²) in [4.78, 5) is 0. The van der Waals surface area contributed by atoms with Crippen molar-refractivity contribution in [3.05, 3.63) is 40.9 Å². The Hall–Kier alpha value is -1.46. The largest absolute Gasteiger partial charge is 0.370 e. The molecule has 1 N–H and O–H groups in total. The summed E-state index contributed by atoms with van der Waals surface area (Å²) >= 11 is 1.53. The van der Waals surface area contributed by atoms with Crippen molar-refractivity contribution in [2.45, 2.75) is 20.1 Å². The van der Waals surface area contributed by atoms with Gasteiger partial charge in [0.05, 0.1) is 6.61 Å². The maximum atomic E-state index is 5.58. The standard InChI is InChI=1S/C12H15N3OS/c1-2-13-12-15-14-11(17-12)9-16-8-10-6-4-3-5-7-10/h3-7H,2,8-9H2,1H3,(H,13,15). The van der Waals surface area contributed by atoms with Gasteiger partial charge in [0.15, 0.2) is 0 Å². The number of benzene rings is 1. The lowest BCUT2D eigenvalue weighted by molar-refractivity contribution is 0.106. The van der Waals surface area contributed by atoms with Gasteiger partial charge in [0.25, 0.3) is 0 Å². The average Bonchev–Trinajstić information content (AvgIpc) is 2.79. The van der Waals surface area contributed by atoms with Gasteiger partial charge in [0.2, 0.25) is 5.13 Å². The molecule has 0 aliphatic carbocycles. The first-order chi connectivity index (χ1) is 8.38. The fourth-order valence-electron chi connectivity index (χ4n) is 1.37. The Labute approximate surface area is 105 Å². The van der Waals surface area contributed by atoms with E-state index in [2.05, 4.69) is 15.5 Å². The van der Waals surface area contributed by atoms with Gasteiger partial charge in [-0.15, -0.1) is 10.2 Å². The molecule has 5 heteroatoms. The van der Waals surface area contributed by atoms with E-state index in [1.54, 1.807) is 0 Å². The highest BCUT2D eigenvalue weighted by Crippen LogP contribution is 2.16. The second kappa shape index (κ2) is 6.32. The molecular weight excluding hydrogens is 234 g/mol. The Kier molecular flexibility index (Phi) is 4.46. The number of anilines is 1. The normalized spacial score (nSPS) is 10.4. The van der Waals surface area contributed by atoms with Crippen LogP contribution in [0.5, 0.6) is 0 Å². The summed E-state index contributed by atoms with van der Waals surface area (Å²) in [5.41, 5.74) is 1.17. The van der Waals surface area contributed by atoms with E-state index in [1.807, 2.05) is 37.3 Å². The van der Waals surface area contributed by atoms with Gasteiger partial charge in [0, 0.05) is 6.54 Å². The van der Waals surface area contributed by atoms with Gasteiger partial charge < -0.3 is 10.1 Å². The molecule has 4 nitrogen and oxygen atoms in total. The van der Waals surface area contributed by atoms with Gasteiger partial charge in [-0.05, 0) is 12.5 Å². The van der Waals surface area contributed by atoms with E-state index in [0.717, 1.165) is 16.7 Å². The molecule has 2 aromatic rings. The monoisotopic (exact) mass is 249 g/mol. The zero-order valence-electron chi connectivity index (χ0n) is 9.72. The van der Waals surface area contributed by atoms with Crippen LogP contribution in [0.3, 0.4) is 0 Å². The van der Waals surface area contributed by atoms with Crippen molar-refractivity contribution in [3.63, 3.8) is 0 Å². The first-order valence-electron chi connectivity index (χ1n) is 5.56. The van der Waals surface area contributed by atoms with Gasteiger partial charge in [-0.25, -0.2) is 0 Å². The van der Waals surface area contributed by atoms with Crippen LogP contribution in [0.25, 0.3) is 0 Å². The van der Waals surface area contributed by atoms with E-state index in [9.17, 15) is 0 Å². The average molecular weight is 249 g/mol. The minimum atomic E-state index is 0.512. The predicted molar refractivity (Wildman–Crippen MR) is 69.0 cm³/mol. The molecule has 1 heterocycles. The summed E-state index contributed by atoms with van der Waals surface area (Å²) in [6.07, 6.45) is 0. The van der Waals surface area contributed by atoms with Crippen LogP contribution in [0, 0.1) is 0 Å². The molecule has 0 saturated carbocycles. The number of hydrogen-bond acceptors (Lipinski definition) is 5. The zero-order chi connectivity index (χ0) is 11.9. The minimum Gasteiger partial charge on any atom is -0.370 e. The maximum Gasteiger partial charge on any atom is 0.205 e. The summed E-state index contributed by atoms with van der Waals surface area (Å²) in [5.74, 6) is 0.